The molecular weight excluding hydrogens is 304 g/mol. The van der Waals surface area contributed by atoms with Gasteiger partial charge in [-0.15, -0.1) is 12.4 Å². The summed E-state index contributed by atoms with van der Waals surface area (Å²) in [6, 6.07) is 5.67. The van der Waals surface area contributed by atoms with E-state index in [4.69, 9.17) is 9.47 Å². The van der Waals surface area contributed by atoms with E-state index in [2.05, 4.69) is 5.32 Å². The molecule has 1 aliphatic heterocycles. The summed E-state index contributed by atoms with van der Waals surface area (Å²) in [4.78, 5) is 14.6. The summed E-state index contributed by atoms with van der Waals surface area (Å²) < 4.78 is 10.6. The maximum Gasteiger partial charge on any atom is 0.257 e. The first-order valence-corrected chi connectivity index (χ1v) is 7.38. The number of hydrogen-bond acceptors (Lipinski definition) is 4. The second-order valence-corrected chi connectivity index (χ2v) is 5.29. The number of nitrogens with zero attached hydrogens (tertiary/aromatic N) is 1. The van der Waals surface area contributed by atoms with Crippen LogP contribution in [0.3, 0.4) is 0 Å². The average Bonchev–Trinajstić information content (AvgIpc) is 2.81. The molecule has 1 amide bonds. The van der Waals surface area contributed by atoms with Crippen LogP contribution in [0.4, 0.5) is 0 Å². The number of carbonyl (C=O) groups is 1. The molecule has 0 bridgehead atoms. The third kappa shape index (κ3) is 4.05. The van der Waals surface area contributed by atoms with Crippen LogP contribution in [0.5, 0.6) is 11.5 Å². The third-order valence-electron chi connectivity index (χ3n) is 4.05. The molecule has 1 aliphatic rings. The van der Waals surface area contributed by atoms with Gasteiger partial charge in [0.05, 0.1) is 19.8 Å². The predicted octanol–water partition coefficient (Wildman–Crippen LogP) is 2.34. The SMILES string of the molecule is COc1cccc(C(=O)N(C)C2CCCNCC2)c1OC.Cl. The normalized spacial score (nSPS) is 17.9. The second-order valence-electron chi connectivity index (χ2n) is 5.29. The fourth-order valence-electron chi connectivity index (χ4n) is 2.80. The van der Waals surface area contributed by atoms with E-state index in [-0.39, 0.29) is 24.4 Å². The Morgan fingerprint density at radius 2 is 2.00 bits per heavy atom. The molecule has 0 aromatic heterocycles. The number of amides is 1. The molecule has 6 heteroatoms. The van der Waals surface area contributed by atoms with E-state index < -0.39 is 0 Å². The summed E-state index contributed by atoms with van der Waals surface area (Å²) in [6.07, 6.45) is 3.10. The Morgan fingerprint density at radius 3 is 2.68 bits per heavy atom. The van der Waals surface area contributed by atoms with Crippen molar-refractivity contribution in [3.05, 3.63) is 23.8 Å². The number of nitrogens with one attached hydrogen (secondary N) is 1. The molecule has 1 N–H and O–H groups in total. The minimum absolute atomic E-state index is 0. The van der Waals surface area contributed by atoms with Crippen molar-refractivity contribution in [3.63, 3.8) is 0 Å². The van der Waals surface area contributed by atoms with Gasteiger partial charge in [-0.1, -0.05) is 6.07 Å². The first-order valence-electron chi connectivity index (χ1n) is 7.38. The summed E-state index contributed by atoms with van der Waals surface area (Å²) in [5, 5.41) is 3.37. The van der Waals surface area contributed by atoms with Crippen molar-refractivity contribution in [3.8, 4) is 11.5 Å². The van der Waals surface area contributed by atoms with E-state index in [9.17, 15) is 4.79 Å². The Hall–Kier alpha value is -1.46. The molecule has 2 rings (SSSR count). The van der Waals surface area contributed by atoms with Gasteiger partial charge < -0.3 is 19.7 Å². The molecule has 5 nitrogen and oxygen atoms in total. The highest BCUT2D eigenvalue weighted by atomic mass is 35.5. The maximum atomic E-state index is 12.8. The van der Waals surface area contributed by atoms with Gasteiger partial charge in [0, 0.05) is 13.1 Å². The fourth-order valence-corrected chi connectivity index (χ4v) is 2.80. The van der Waals surface area contributed by atoms with Crippen LogP contribution in [-0.4, -0.2) is 51.2 Å². The van der Waals surface area contributed by atoms with Crippen LogP contribution in [0.15, 0.2) is 18.2 Å². The molecule has 1 saturated heterocycles. The van der Waals surface area contributed by atoms with Crippen molar-refractivity contribution in [2.45, 2.75) is 25.3 Å². The number of methoxy groups -OCH3 is 2. The molecule has 1 fully saturated rings. The first-order chi connectivity index (χ1) is 10.2. The Bertz CT molecular complexity index is 488. The summed E-state index contributed by atoms with van der Waals surface area (Å²) in [5.41, 5.74) is 0.552. The predicted molar refractivity (Wildman–Crippen MR) is 89.4 cm³/mol. The van der Waals surface area contributed by atoms with E-state index >= 15 is 0 Å². The quantitative estimate of drug-likeness (QED) is 0.921. The van der Waals surface area contributed by atoms with Gasteiger partial charge in [0.15, 0.2) is 11.5 Å². The lowest BCUT2D eigenvalue weighted by Gasteiger charge is -2.27. The molecule has 1 aromatic carbocycles. The molecular formula is C16H25ClN2O3. The van der Waals surface area contributed by atoms with Gasteiger partial charge in [0.2, 0.25) is 0 Å². The van der Waals surface area contributed by atoms with Crippen LogP contribution in [0.2, 0.25) is 0 Å². The summed E-state index contributed by atoms with van der Waals surface area (Å²) in [6.45, 7) is 1.98. The first kappa shape index (κ1) is 18.6. The fraction of sp³-hybridized carbons (Fsp3) is 0.562. The van der Waals surface area contributed by atoms with Crippen molar-refractivity contribution in [2.75, 3.05) is 34.4 Å². The standard InChI is InChI=1S/C16H24N2O3.ClH/c1-18(12-6-5-10-17-11-9-12)16(19)13-7-4-8-14(20-2)15(13)21-3;/h4,7-8,12,17H,5-6,9-11H2,1-3H3;1H. The van der Waals surface area contributed by atoms with Gasteiger partial charge in [-0.3, -0.25) is 4.79 Å². The molecule has 1 heterocycles. The van der Waals surface area contributed by atoms with Crippen molar-refractivity contribution < 1.29 is 14.3 Å². The monoisotopic (exact) mass is 328 g/mol. The zero-order valence-electron chi connectivity index (χ0n) is 13.4. The summed E-state index contributed by atoms with van der Waals surface area (Å²) in [5.74, 6) is 1.07. The lowest BCUT2D eigenvalue weighted by atomic mass is 10.1. The number of carbonyl (C=O) groups excluding carboxylic acids is 1. The number of para-hydroxylation sites is 1. The lowest BCUT2D eigenvalue weighted by Crippen LogP contribution is -2.37. The summed E-state index contributed by atoms with van der Waals surface area (Å²) in [7, 11) is 5.01. The molecule has 0 spiro atoms. The van der Waals surface area contributed by atoms with Gasteiger partial charge in [0.1, 0.15) is 0 Å². The Labute approximate surface area is 138 Å². The Balaban J connectivity index is 0.00000242. The zero-order valence-corrected chi connectivity index (χ0v) is 14.2. The minimum atomic E-state index is -0.0161. The van der Waals surface area contributed by atoms with Crippen LogP contribution in [0.1, 0.15) is 29.6 Å². The molecule has 124 valence electrons. The molecule has 1 aromatic rings. The van der Waals surface area contributed by atoms with Crippen molar-refractivity contribution in [1.29, 1.82) is 0 Å². The molecule has 1 atom stereocenters. The van der Waals surface area contributed by atoms with E-state index in [0.717, 1.165) is 32.4 Å². The summed E-state index contributed by atoms with van der Waals surface area (Å²) >= 11 is 0. The highest BCUT2D eigenvalue weighted by Gasteiger charge is 2.25. The number of halogens is 1. The maximum absolute atomic E-state index is 12.8. The van der Waals surface area contributed by atoms with Gasteiger partial charge in [-0.05, 0) is 44.5 Å². The molecule has 0 aliphatic carbocycles. The van der Waals surface area contributed by atoms with Gasteiger partial charge >= 0.3 is 0 Å². The highest BCUT2D eigenvalue weighted by Crippen LogP contribution is 2.32. The van der Waals surface area contributed by atoms with E-state index in [1.807, 2.05) is 18.0 Å². The largest absolute Gasteiger partial charge is 0.493 e. The smallest absolute Gasteiger partial charge is 0.257 e. The van der Waals surface area contributed by atoms with Crippen molar-refractivity contribution >= 4 is 18.3 Å². The van der Waals surface area contributed by atoms with Crippen molar-refractivity contribution in [1.82, 2.24) is 10.2 Å². The van der Waals surface area contributed by atoms with E-state index in [0.29, 0.717) is 17.1 Å². The van der Waals surface area contributed by atoms with Gasteiger partial charge in [-0.25, -0.2) is 0 Å². The van der Waals surface area contributed by atoms with Crippen LogP contribution >= 0.6 is 12.4 Å². The number of rotatable bonds is 4. The lowest BCUT2D eigenvalue weighted by molar-refractivity contribution is 0.0716. The van der Waals surface area contributed by atoms with Crippen LogP contribution in [0.25, 0.3) is 0 Å². The second kappa shape index (κ2) is 8.86. The van der Waals surface area contributed by atoms with Crippen LogP contribution < -0.4 is 14.8 Å². The molecule has 1 unspecified atom stereocenters. The van der Waals surface area contributed by atoms with Crippen LogP contribution in [0, 0.1) is 0 Å². The topological polar surface area (TPSA) is 50.8 Å². The molecule has 22 heavy (non-hydrogen) atoms. The van der Waals surface area contributed by atoms with Crippen LogP contribution in [-0.2, 0) is 0 Å². The van der Waals surface area contributed by atoms with Gasteiger partial charge in [-0.2, -0.15) is 0 Å². The molecule has 0 radical (unpaired) electrons. The average molecular weight is 329 g/mol. The van der Waals surface area contributed by atoms with E-state index in [1.54, 1.807) is 26.4 Å². The number of ether oxygens (including phenoxy) is 2. The minimum Gasteiger partial charge on any atom is -0.493 e. The third-order valence-corrected chi connectivity index (χ3v) is 4.05. The molecule has 0 saturated carbocycles. The highest BCUT2D eigenvalue weighted by molar-refractivity contribution is 5.97. The zero-order chi connectivity index (χ0) is 15.2. The number of benzene rings is 1. The van der Waals surface area contributed by atoms with Gasteiger partial charge in [0.25, 0.3) is 5.91 Å². The van der Waals surface area contributed by atoms with Crippen molar-refractivity contribution in [2.24, 2.45) is 0 Å². The number of hydrogen-bond donors (Lipinski definition) is 1. The van der Waals surface area contributed by atoms with E-state index in [1.165, 1.54) is 0 Å². The Morgan fingerprint density at radius 1 is 1.23 bits per heavy atom. The Kier molecular flexibility index (Phi) is 7.48.